The number of carbonyl (C=O) groups excluding carboxylic acids is 1. The van der Waals surface area contributed by atoms with Gasteiger partial charge in [-0.1, -0.05) is 35.0 Å². The fraction of sp³-hybridized carbons (Fsp3) is 0.389. The minimum atomic E-state index is -5.02. The van der Waals surface area contributed by atoms with E-state index in [1.54, 1.807) is 6.26 Å². The van der Waals surface area contributed by atoms with Gasteiger partial charge in [-0.05, 0) is 43.0 Å². The van der Waals surface area contributed by atoms with E-state index in [2.05, 4.69) is 9.97 Å². The Morgan fingerprint density at radius 2 is 1.53 bits per heavy atom. The molecule has 1 heterocycles. The number of hydrogen-bond acceptors (Lipinski definition) is 5. The summed E-state index contributed by atoms with van der Waals surface area (Å²) in [6, 6.07) is 1.11. The first-order valence-electron chi connectivity index (χ1n) is 8.82. The maximum Gasteiger partial charge on any atom is 0.416 e. The van der Waals surface area contributed by atoms with Crippen molar-refractivity contribution in [3.05, 3.63) is 50.8 Å². The zero-order valence-corrected chi connectivity index (χ0v) is 18.6. The molecule has 0 radical (unpaired) electrons. The third-order valence-corrected chi connectivity index (χ3v) is 5.23. The van der Waals surface area contributed by atoms with Gasteiger partial charge in [-0.15, -0.1) is 0 Å². The SMILES string of the molecule is CSc1nc(Cl)c(C(=O)N(CCCN)Cc2cc(C(F)(F)F)cc(C(F)(F)F)c2)c(Cl)n1. The lowest BCUT2D eigenvalue weighted by Gasteiger charge is -2.24. The summed E-state index contributed by atoms with van der Waals surface area (Å²) in [7, 11) is 0. The highest BCUT2D eigenvalue weighted by Gasteiger charge is 2.37. The number of carbonyl (C=O) groups is 1. The monoisotopic (exact) mass is 520 g/mol. The van der Waals surface area contributed by atoms with Gasteiger partial charge in [-0.25, -0.2) is 9.97 Å². The Morgan fingerprint density at radius 1 is 1.03 bits per heavy atom. The lowest BCUT2D eigenvalue weighted by molar-refractivity contribution is -0.143. The van der Waals surface area contributed by atoms with Gasteiger partial charge in [0.05, 0.1) is 11.1 Å². The van der Waals surface area contributed by atoms with Crippen molar-refractivity contribution >= 4 is 40.9 Å². The van der Waals surface area contributed by atoms with Crippen LogP contribution in [0.1, 0.15) is 33.5 Å². The van der Waals surface area contributed by atoms with Gasteiger partial charge in [0, 0.05) is 13.1 Å². The van der Waals surface area contributed by atoms with Crippen LogP contribution in [0.25, 0.3) is 0 Å². The first-order chi connectivity index (χ1) is 14.8. The quantitative estimate of drug-likeness (QED) is 0.225. The molecule has 0 aliphatic rings. The molecule has 1 amide bonds. The first kappa shape index (κ1) is 26.5. The van der Waals surface area contributed by atoms with Crippen LogP contribution >= 0.6 is 35.0 Å². The van der Waals surface area contributed by atoms with Crippen molar-refractivity contribution in [2.75, 3.05) is 19.3 Å². The molecule has 14 heteroatoms. The van der Waals surface area contributed by atoms with E-state index in [1.807, 2.05) is 0 Å². The molecule has 0 saturated heterocycles. The minimum Gasteiger partial charge on any atom is -0.334 e. The maximum atomic E-state index is 13.2. The average molecular weight is 521 g/mol. The molecule has 5 nitrogen and oxygen atoms in total. The van der Waals surface area contributed by atoms with Gasteiger partial charge in [0.1, 0.15) is 15.9 Å². The highest BCUT2D eigenvalue weighted by atomic mass is 35.5. The average Bonchev–Trinajstić information content (AvgIpc) is 2.68. The van der Waals surface area contributed by atoms with Gasteiger partial charge >= 0.3 is 12.4 Å². The van der Waals surface area contributed by atoms with Crippen LogP contribution in [0.2, 0.25) is 10.3 Å². The van der Waals surface area contributed by atoms with Crippen LogP contribution in [0.4, 0.5) is 26.3 Å². The molecule has 176 valence electrons. The van der Waals surface area contributed by atoms with Crippen LogP contribution in [0, 0.1) is 0 Å². The second-order valence-electron chi connectivity index (χ2n) is 6.45. The minimum absolute atomic E-state index is 0.0122. The van der Waals surface area contributed by atoms with Gasteiger partial charge in [0.2, 0.25) is 0 Å². The summed E-state index contributed by atoms with van der Waals surface area (Å²) >= 11 is 13.2. The largest absolute Gasteiger partial charge is 0.416 e. The van der Waals surface area contributed by atoms with E-state index < -0.39 is 35.9 Å². The first-order valence-corrected chi connectivity index (χ1v) is 10.8. The summed E-state index contributed by atoms with van der Waals surface area (Å²) in [5, 5.41) is -0.410. The van der Waals surface area contributed by atoms with Crippen molar-refractivity contribution in [3.8, 4) is 0 Å². The number of aromatic nitrogens is 2. The summed E-state index contributed by atoms with van der Waals surface area (Å²) in [6.45, 7) is -0.545. The number of halogens is 8. The number of nitrogens with zero attached hydrogens (tertiary/aromatic N) is 3. The normalized spacial score (nSPS) is 12.2. The van der Waals surface area contributed by atoms with Crippen LogP contribution in [0.3, 0.4) is 0 Å². The van der Waals surface area contributed by atoms with Crippen molar-refractivity contribution in [2.45, 2.75) is 30.5 Å². The molecule has 2 N–H and O–H groups in total. The summed E-state index contributed by atoms with van der Waals surface area (Å²) in [5.74, 6) is -0.855. The van der Waals surface area contributed by atoms with Gasteiger partial charge < -0.3 is 10.6 Å². The Labute approximate surface area is 193 Å². The number of alkyl halides is 6. The van der Waals surface area contributed by atoms with Crippen molar-refractivity contribution in [1.29, 1.82) is 0 Å². The Kier molecular flexibility index (Phi) is 8.65. The maximum absolute atomic E-state index is 13.2. The molecule has 0 unspecified atom stereocenters. The fourth-order valence-corrected chi connectivity index (χ4v) is 3.70. The van der Waals surface area contributed by atoms with E-state index in [9.17, 15) is 31.1 Å². The van der Waals surface area contributed by atoms with Gasteiger partial charge in [0.25, 0.3) is 5.91 Å². The highest BCUT2D eigenvalue weighted by molar-refractivity contribution is 7.98. The molecule has 0 atom stereocenters. The summed E-state index contributed by atoms with van der Waals surface area (Å²) in [5.41, 5.74) is 1.78. The molecule has 0 saturated carbocycles. The Balaban J connectivity index is 2.51. The van der Waals surface area contributed by atoms with Gasteiger partial charge in [0.15, 0.2) is 5.16 Å². The zero-order chi connectivity index (χ0) is 24.3. The summed E-state index contributed by atoms with van der Waals surface area (Å²) in [4.78, 5) is 21.8. The number of nitrogens with two attached hydrogens (primary N) is 1. The Hall–Kier alpha value is -1.76. The molecule has 2 aromatic rings. The number of hydrogen-bond donors (Lipinski definition) is 1. The molecule has 0 aliphatic carbocycles. The van der Waals surface area contributed by atoms with Crippen molar-refractivity contribution in [1.82, 2.24) is 14.9 Å². The van der Waals surface area contributed by atoms with Crippen LogP contribution in [-0.4, -0.2) is 40.1 Å². The van der Waals surface area contributed by atoms with Crippen LogP contribution in [0.15, 0.2) is 23.4 Å². The lowest BCUT2D eigenvalue weighted by atomic mass is 10.0. The number of benzene rings is 1. The third kappa shape index (κ3) is 6.63. The van der Waals surface area contributed by atoms with E-state index in [4.69, 9.17) is 28.9 Å². The molecular weight excluding hydrogens is 505 g/mol. The molecule has 0 spiro atoms. The molecule has 0 fully saturated rings. The van der Waals surface area contributed by atoms with E-state index in [1.165, 1.54) is 0 Å². The molecule has 0 aliphatic heterocycles. The predicted octanol–water partition coefficient (Wildman–Crippen LogP) is 5.53. The van der Waals surface area contributed by atoms with Crippen molar-refractivity contribution in [3.63, 3.8) is 0 Å². The molecule has 1 aromatic carbocycles. The fourth-order valence-electron chi connectivity index (χ4n) is 2.68. The predicted molar refractivity (Wildman–Crippen MR) is 109 cm³/mol. The molecule has 1 aromatic heterocycles. The summed E-state index contributed by atoms with van der Waals surface area (Å²) in [6.07, 6.45) is -8.18. The number of rotatable bonds is 7. The second-order valence-corrected chi connectivity index (χ2v) is 7.94. The number of thioether (sulfide) groups is 1. The van der Waals surface area contributed by atoms with Crippen LogP contribution < -0.4 is 5.73 Å². The topological polar surface area (TPSA) is 72.1 Å². The Morgan fingerprint density at radius 3 is 1.94 bits per heavy atom. The molecular formula is C18H16Cl2F6N4OS. The van der Waals surface area contributed by atoms with E-state index in [-0.39, 0.29) is 52.2 Å². The third-order valence-electron chi connectivity index (χ3n) is 4.14. The van der Waals surface area contributed by atoms with Crippen molar-refractivity contribution in [2.24, 2.45) is 5.73 Å². The Bertz CT molecular complexity index is 932. The van der Waals surface area contributed by atoms with E-state index >= 15 is 0 Å². The van der Waals surface area contributed by atoms with E-state index in [0.717, 1.165) is 16.7 Å². The molecule has 0 bridgehead atoms. The highest BCUT2D eigenvalue weighted by Crippen LogP contribution is 2.37. The molecule has 32 heavy (non-hydrogen) atoms. The van der Waals surface area contributed by atoms with Crippen LogP contribution in [0.5, 0.6) is 0 Å². The number of amides is 1. The van der Waals surface area contributed by atoms with Gasteiger partial charge in [-0.3, -0.25) is 4.79 Å². The zero-order valence-electron chi connectivity index (χ0n) is 16.3. The lowest BCUT2D eigenvalue weighted by Crippen LogP contribution is -2.33. The van der Waals surface area contributed by atoms with Crippen LogP contribution in [-0.2, 0) is 18.9 Å². The second kappa shape index (κ2) is 10.4. The smallest absolute Gasteiger partial charge is 0.334 e. The van der Waals surface area contributed by atoms with E-state index in [0.29, 0.717) is 12.1 Å². The molecule has 2 rings (SSSR count). The standard InChI is InChI=1S/C18H16Cl2F6N4OS/c1-32-16-28-13(19)12(14(20)29-16)15(31)30(4-2-3-27)8-9-5-10(17(21,22)23)7-11(6-9)18(24,25)26/h5-7H,2-4,8,27H2,1H3. The van der Waals surface area contributed by atoms with Crippen molar-refractivity contribution < 1.29 is 31.1 Å². The van der Waals surface area contributed by atoms with Gasteiger partial charge in [-0.2, -0.15) is 26.3 Å². The summed E-state index contributed by atoms with van der Waals surface area (Å²) < 4.78 is 79.0.